The highest BCUT2D eigenvalue weighted by molar-refractivity contribution is 7.11. The number of carbonyl (C=O) groups is 1. The third-order valence-electron chi connectivity index (χ3n) is 3.30. The first-order valence-electron chi connectivity index (χ1n) is 7.69. The lowest BCUT2D eigenvalue weighted by atomic mass is 10.1. The minimum absolute atomic E-state index is 0.0729. The second kappa shape index (κ2) is 6.64. The molecule has 1 heterocycles. The molecule has 0 aromatic carbocycles. The number of nitrogen functional groups attached to an aromatic ring is 1. The maximum Gasteiger partial charge on any atom is 0.258 e. The Labute approximate surface area is 131 Å². The topological polar surface area (TPSA) is 71.2 Å². The molecule has 0 aliphatic heterocycles. The highest BCUT2D eigenvalue weighted by Crippen LogP contribution is 2.32. The van der Waals surface area contributed by atoms with E-state index in [4.69, 9.17) is 5.73 Å². The molecule has 1 aliphatic carbocycles. The van der Waals surface area contributed by atoms with Crippen molar-refractivity contribution in [3.63, 3.8) is 0 Å². The van der Waals surface area contributed by atoms with E-state index in [9.17, 15) is 4.79 Å². The summed E-state index contributed by atoms with van der Waals surface area (Å²) in [5.41, 5.74) is 6.51. The van der Waals surface area contributed by atoms with Crippen molar-refractivity contribution in [1.82, 2.24) is 9.69 Å². The molecule has 1 saturated carbocycles. The van der Waals surface area contributed by atoms with Crippen molar-refractivity contribution >= 4 is 28.3 Å². The summed E-state index contributed by atoms with van der Waals surface area (Å²) in [6.45, 7) is 10.5. The number of nitrogens with two attached hydrogens (primary N) is 1. The SMILES string of the molecule is CC(C)CN(CC(C)C)c1snc(N)c1C(=O)NC1CC1. The molecule has 2 rings (SSSR count). The molecular weight excluding hydrogens is 284 g/mol. The van der Waals surface area contributed by atoms with Crippen LogP contribution in [0.3, 0.4) is 0 Å². The van der Waals surface area contributed by atoms with Crippen LogP contribution >= 0.6 is 11.5 Å². The number of hydrogen-bond donors (Lipinski definition) is 2. The normalized spacial score (nSPS) is 14.8. The predicted molar refractivity (Wildman–Crippen MR) is 88.9 cm³/mol. The first kappa shape index (κ1) is 16.1. The van der Waals surface area contributed by atoms with Gasteiger partial charge in [0.1, 0.15) is 10.6 Å². The van der Waals surface area contributed by atoms with E-state index in [1.54, 1.807) is 0 Å². The van der Waals surface area contributed by atoms with Gasteiger partial charge in [-0.1, -0.05) is 27.7 Å². The van der Waals surface area contributed by atoms with Crippen molar-refractivity contribution in [3.05, 3.63) is 5.56 Å². The Bertz CT molecular complexity index is 484. The summed E-state index contributed by atoms with van der Waals surface area (Å²) in [6, 6.07) is 0.327. The summed E-state index contributed by atoms with van der Waals surface area (Å²) in [4.78, 5) is 14.7. The van der Waals surface area contributed by atoms with Gasteiger partial charge in [-0.15, -0.1) is 0 Å². The molecule has 0 spiro atoms. The average molecular weight is 310 g/mol. The number of rotatable bonds is 7. The molecule has 3 N–H and O–H groups in total. The molecule has 1 amide bonds. The van der Waals surface area contributed by atoms with E-state index in [-0.39, 0.29) is 5.91 Å². The van der Waals surface area contributed by atoms with Gasteiger partial charge >= 0.3 is 0 Å². The van der Waals surface area contributed by atoms with Crippen LogP contribution in [0.4, 0.5) is 10.8 Å². The Balaban J connectivity index is 2.24. The van der Waals surface area contributed by atoms with E-state index < -0.39 is 0 Å². The Morgan fingerprint density at radius 3 is 2.38 bits per heavy atom. The molecule has 0 unspecified atom stereocenters. The van der Waals surface area contributed by atoms with Gasteiger partial charge in [-0.2, -0.15) is 4.37 Å². The van der Waals surface area contributed by atoms with Crippen LogP contribution in [0.5, 0.6) is 0 Å². The molecular formula is C15H26N4OS. The number of amides is 1. The van der Waals surface area contributed by atoms with Gasteiger partial charge < -0.3 is 16.0 Å². The number of nitrogens with zero attached hydrogens (tertiary/aromatic N) is 2. The fourth-order valence-electron chi connectivity index (χ4n) is 2.33. The Kier molecular flexibility index (Phi) is 5.08. The van der Waals surface area contributed by atoms with Crippen LogP contribution in [0.15, 0.2) is 0 Å². The van der Waals surface area contributed by atoms with Gasteiger partial charge in [0.15, 0.2) is 5.82 Å². The standard InChI is InChI=1S/C15H26N4OS/c1-9(2)7-19(8-10(3)4)15-12(13(16)18-21-15)14(20)17-11-5-6-11/h9-11H,5-8H2,1-4H3,(H2,16,18)(H,17,20). The smallest absolute Gasteiger partial charge is 0.258 e. The molecule has 5 nitrogen and oxygen atoms in total. The maximum atomic E-state index is 12.4. The van der Waals surface area contributed by atoms with Gasteiger partial charge in [-0.05, 0) is 36.2 Å². The summed E-state index contributed by atoms with van der Waals surface area (Å²) in [5, 5.41) is 3.93. The van der Waals surface area contributed by atoms with E-state index in [2.05, 4.69) is 42.3 Å². The lowest BCUT2D eigenvalue weighted by Crippen LogP contribution is -2.33. The summed E-state index contributed by atoms with van der Waals surface area (Å²) in [6.07, 6.45) is 2.14. The fourth-order valence-corrected chi connectivity index (χ4v) is 3.16. The van der Waals surface area contributed by atoms with E-state index in [0.717, 1.165) is 30.9 Å². The van der Waals surface area contributed by atoms with Crippen LogP contribution in [-0.4, -0.2) is 29.4 Å². The largest absolute Gasteiger partial charge is 0.382 e. The first-order valence-corrected chi connectivity index (χ1v) is 8.46. The van der Waals surface area contributed by atoms with Crippen LogP contribution in [0, 0.1) is 11.8 Å². The predicted octanol–water partition coefficient (Wildman–Crippen LogP) is 2.74. The van der Waals surface area contributed by atoms with E-state index in [0.29, 0.717) is 29.3 Å². The number of anilines is 2. The zero-order chi connectivity index (χ0) is 15.6. The second-order valence-corrected chi connectivity index (χ2v) is 7.44. The summed E-state index contributed by atoms with van der Waals surface area (Å²) < 4.78 is 4.22. The van der Waals surface area contributed by atoms with Gasteiger partial charge in [0.25, 0.3) is 5.91 Å². The van der Waals surface area contributed by atoms with Crippen molar-refractivity contribution in [3.8, 4) is 0 Å². The van der Waals surface area contributed by atoms with Crippen molar-refractivity contribution < 1.29 is 4.79 Å². The lowest BCUT2D eigenvalue weighted by molar-refractivity contribution is 0.0952. The number of aromatic nitrogens is 1. The van der Waals surface area contributed by atoms with Crippen molar-refractivity contribution in [1.29, 1.82) is 0 Å². The highest BCUT2D eigenvalue weighted by Gasteiger charge is 2.29. The van der Waals surface area contributed by atoms with Gasteiger partial charge in [-0.25, -0.2) is 0 Å². The monoisotopic (exact) mass is 310 g/mol. The van der Waals surface area contributed by atoms with Crippen LogP contribution in [-0.2, 0) is 0 Å². The molecule has 1 aliphatic rings. The third-order valence-corrected chi connectivity index (χ3v) is 4.22. The summed E-state index contributed by atoms with van der Waals surface area (Å²) >= 11 is 1.33. The quantitative estimate of drug-likeness (QED) is 0.812. The van der Waals surface area contributed by atoms with E-state index in [1.807, 2.05) is 0 Å². The molecule has 21 heavy (non-hydrogen) atoms. The van der Waals surface area contributed by atoms with Gasteiger partial charge in [0.2, 0.25) is 0 Å². The highest BCUT2D eigenvalue weighted by atomic mass is 32.1. The molecule has 1 aromatic rings. The number of carbonyl (C=O) groups excluding carboxylic acids is 1. The molecule has 0 bridgehead atoms. The Hall–Kier alpha value is -1.30. The van der Waals surface area contributed by atoms with Crippen molar-refractivity contribution in [2.75, 3.05) is 23.7 Å². The zero-order valence-corrected chi connectivity index (χ0v) is 14.2. The number of nitrogens with one attached hydrogen (secondary N) is 1. The molecule has 0 saturated heterocycles. The van der Waals surface area contributed by atoms with Crippen LogP contribution in [0.1, 0.15) is 50.9 Å². The maximum absolute atomic E-state index is 12.4. The number of hydrogen-bond acceptors (Lipinski definition) is 5. The van der Waals surface area contributed by atoms with Gasteiger partial charge in [0.05, 0.1) is 0 Å². The average Bonchev–Trinajstić information content (AvgIpc) is 3.07. The lowest BCUT2D eigenvalue weighted by Gasteiger charge is -2.27. The van der Waals surface area contributed by atoms with Gasteiger partial charge in [-0.3, -0.25) is 4.79 Å². The Morgan fingerprint density at radius 2 is 1.90 bits per heavy atom. The molecule has 0 radical (unpaired) electrons. The summed E-state index contributed by atoms with van der Waals surface area (Å²) in [7, 11) is 0. The first-order chi connectivity index (χ1) is 9.88. The van der Waals surface area contributed by atoms with Crippen LogP contribution < -0.4 is 16.0 Å². The molecule has 0 atom stereocenters. The fraction of sp³-hybridized carbons (Fsp3) is 0.733. The van der Waals surface area contributed by atoms with Crippen molar-refractivity contribution in [2.24, 2.45) is 11.8 Å². The minimum Gasteiger partial charge on any atom is -0.382 e. The van der Waals surface area contributed by atoms with Crippen molar-refractivity contribution in [2.45, 2.75) is 46.6 Å². The van der Waals surface area contributed by atoms with Crippen LogP contribution in [0.2, 0.25) is 0 Å². The summed E-state index contributed by atoms with van der Waals surface area (Å²) in [5.74, 6) is 1.32. The minimum atomic E-state index is -0.0729. The molecule has 6 heteroatoms. The molecule has 1 fully saturated rings. The molecule has 118 valence electrons. The van der Waals surface area contributed by atoms with E-state index in [1.165, 1.54) is 11.5 Å². The van der Waals surface area contributed by atoms with Crippen LogP contribution in [0.25, 0.3) is 0 Å². The van der Waals surface area contributed by atoms with Gasteiger partial charge in [0, 0.05) is 19.1 Å². The third kappa shape index (κ3) is 4.33. The van der Waals surface area contributed by atoms with E-state index >= 15 is 0 Å². The zero-order valence-electron chi connectivity index (χ0n) is 13.3. The molecule has 1 aromatic heterocycles. The second-order valence-electron chi connectivity index (χ2n) is 6.69. The Morgan fingerprint density at radius 1 is 1.33 bits per heavy atom.